The van der Waals surface area contributed by atoms with Crippen molar-refractivity contribution in [2.75, 3.05) is 6.54 Å². The molecule has 0 aliphatic carbocycles. The second kappa shape index (κ2) is 4.78. The lowest BCUT2D eigenvalue weighted by Gasteiger charge is -2.18. The third kappa shape index (κ3) is 2.38. The van der Waals surface area contributed by atoms with Gasteiger partial charge in [-0.2, -0.15) is 0 Å². The Morgan fingerprint density at radius 2 is 1.18 bits per heavy atom. The number of hydrogen-bond donors (Lipinski definition) is 1. The third-order valence-electron chi connectivity index (χ3n) is 3.53. The molecule has 0 saturated heterocycles. The lowest BCUT2D eigenvalue weighted by Crippen LogP contribution is -2.25. The number of rotatable bonds is 3. The molecule has 0 unspecified atom stereocenters. The zero-order valence-corrected chi connectivity index (χ0v) is 12.2. The van der Waals surface area contributed by atoms with Gasteiger partial charge < -0.3 is 0 Å². The van der Waals surface area contributed by atoms with Gasteiger partial charge in [0.15, 0.2) is 0 Å². The first kappa shape index (κ1) is 14.2. The van der Waals surface area contributed by atoms with Gasteiger partial charge in [-0.3, -0.25) is 0 Å². The van der Waals surface area contributed by atoms with Crippen molar-refractivity contribution in [3.8, 4) is 0 Å². The molecule has 0 saturated carbocycles. The lowest BCUT2D eigenvalue weighted by molar-refractivity contribution is 0.582. The highest BCUT2D eigenvalue weighted by Crippen LogP contribution is 2.29. The van der Waals surface area contributed by atoms with E-state index < -0.39 is 10.0 Å². The monoisotopic (exact) mass is 255 g/mol. The zero-order chi connectivity index (χ0) is 13.4. The van der Waals surface area contributed by atoms with Crippen LogP contribution in [0.5, 0.6) is 0 Å². The van der Waals surface area contributed by atoms with Gasteiger partial charge in [-0.25, -0.2) is 13.1 Å². The summed E-state index contributed by atoms with van der Waals surface area (Å²) < 4.78 is 26.9. The molecule has 0 bridgehead atoms. The number of benzene rings is 1. The van der Waals surface area contributed by atoms with Gasteiger partial charge >= 0.3 is 0 Å². The van der Waals surface area contributed by atoms with Crippen LogP contribution < -0.4 is 4.72 Å². The van der Waals surface area contributed by atoms with Crippen molar-refractivity contribution < 1.29 is 8.42 Å². The maximum Gasteiger partial charge on any atom is 0.241 e. The van der Waals surface area contributed by atoms with Crippen LogP contribution in [-0.2, 0) is 10.0 Å². The average Bonchev–Trinajstić information content (AvgIpc) is 2.23. The standard InChI is InChI=1S/C13H21NO2S/c1-7-14-17(15,16)13-11(5)9(3)8(2)10(4)12(13)6/h14H,7H2,1-6H3. The van der Waals surface area contributed by atoms with Crippen molar-refractivity contribution in [3.05, 3.63) is 27.8 Å². The highest BCUT2D eigenvalue weighted by Gasteiger charge is 2.22. The molecule has 1 rings (SSSR count). The molecule has 0 amide bonds. The number of hydrogen-bond acceptors (Lipinski definition) is 2. The van der Waals surface area contributed by atoms with Crippen LogP contribution in [-0.4, -0.2) is 15.0 Å². The van der Waals surface area contributed by atoms with E-state index in [9.17, 15) is 8.42 Å². The van der Waals surface area contributed by atoms with E-state index in [0.29, 0.717) is 11.4 Å². The summed E-state index contributed by atoms with van der Waals surface area (Å²) in [6, 6.07) is 0. The van der Waals surface area contributed by atoms with Crippen LogP contribution in [0.1, 0.15) is 34.7 Å². The Hall–Kier alpha value is -0.870. The molecule has 0 radical (unpaired) electrons. The van der Waals surface area contributed by atoms with Gasteiger partial charge in [0.25, 0.3) is 0 Å². The van der Waals surface area contributed by atoms with Gasteiger partial charge in [-0.15, -0.1) is 0 Å². The SMILES string of the molecule is CCNS(=O)(=O)c1c(C)c(C)c(C)c(C)c1C. The van der Waals surface area contributed by atoms with Crippen LogP contribution in [0.25, 0.3) is 0 Å². The van der Waals surface area contributed by atoms with Gasteiger partial charge in [0, 0.05) is 6.54 Å². The smallest absolute Gasteiger partial charge is 0.211 e. The molecule has 96 valence electrons. The molecular formula is C13H21NO2S. The molecule has 0 heterocycles. The first-order valence-corrected chi connectivity index (χ1v) is 7.29. The summed E-state index contributed by atoms with van der Waals surface area (Å²) in [5.74, 6) is 0. The molecule has 17 heavy (non-hydrogen) atoms. The maximum absolute atomic E-state index is 12.2. The molecule has 0 aliphatic rings. The quantitative estimate of drug-likeness (QED) is 0.902. The summed E-state index contributed by atoms with van der Waals surface area (Å²) in [6.07, 6.45) is 0. The molecule has 4 heteroatoms. The van der Waals surface area contributed by atoms with Crippen molar-refractivity contribution >= 4 is 10.0 Å². The minimum absolute atomic E-state index is 0.410. The fourth-order valence-electron chi connectivity index (χ4n) is 2.13. The predicted molar refractivity (Wildman–Crippen MR) is 71.0 cm³/mol. The van der Waals surface area contributed by atoms with Crippen LogP contribution in [0.15, 0.2) is 4.90 Å². The van der Waals surface area contributed by atoms with Gasteiger partial charge in [0.1, 0.15) is 0 Å². The summed E-state index contributed by atoms with van der Waals surface area (Å²) >= 11 is 0. The van der Waals surface area contributed by atoms with E-state index in [1.165, 1.54) is 5.56 Å². The molecule has 1 aromatic rings. The van der Waals surface area contributed by atoms with E-state index in [1.54, 1.807) is 6.92 Å². The molecule has 1 N–H and O–H groups in total. The molecular weight excluding hydrogens is 234 g/mol. The summed E-state index contributed by atoms with van der Waals surface area (Å²) in [4.78, 5) is 0.444. The molecule has 3 nitrogen and oxygen atoms in total. The van der Waals surface area contributed by atoms with Gasteiger partial charge in [-0.1, -0.05) is 6.92 Å². The highest BCUT2D eigenvalue weighted by atomic mass is 32.2. The maximum atomic E-state index is 12.2. The van der Waals surface area contributed by atoms with E-state index in [1.807, 2.05) is 34.6 Å². The average molecular weight is 255 g/mol. The van der Waals surface area contributed by atoms with Crippen molar-refractivity contribution in [2.24, 2.45) is 0 Å². The van der Waals surface area contributed by atoms with Crippen LogP contribution in [0.2, 0.25) is 0 Å². The largest absolute Gasteiger partial charge is 0.241 e. The second-order valence-electron chi connectivity index (χ2n) is 4.46. The predicted octanol–water partition coefficient (Wildman–Crippen LogP) is 2.53. The fourth-order valence-corrected chi connectivity index (χ4v) is 3.77. The molecule has 0 atom stereocenters. The Morgan fingerprint density at radius 3 is 1.53 bits per heavy atom. The second-order valence-corrected chi connectivity index (χ2v) is 6.16. The van der Waals surface area contributed by atoms with Crippen molar-refractivity contribution in [3.63, 3.8) is 0 Å². The molecule has 1 aromatic carbocycles. The topological polar surface area (TPSA) is 46.2 Å². The van der Waals surface area contributed by atoms with Crippen molar-refractivity contribution in [1.82, 2.24) is 4.72 Å². The summed E-state index contributed by atoms with van der Waals surface area (Å²) in [5.41, 5.74) is 5.00. The minimum Gasteiger partial charge on any atom is -0.211 e. The summed E-state index contributed by atoms with van der Waals surface area (Å²) in [7, 11) is -3.38. The van der Waals surface area contributed by atoms with Gasteiger partial charge in [0.05, 0.1) is 4.90 Å². The Morgan fingerprint density at radius 1 is 0.824 bits per heavy atom. The number of nitrogens with one attached hydrogen (secondary N) is 1. The van der Waals surface area contributed by atoms with E-state index in [0.717, 1.165) is 22.3 Å². The van der Waals surface area contributed by atoms with Crippen LogP contribution in [0, 0.1) is 34.6 Å². The summed E-state index contributed by atoms with van der Waals surface area (Å²) in [6.45, 7) is 11.9. The van der Waals surface area contributed by atoms with Gasteiger partial charge in [0.2, 0.25) is 10.0 Å². The molecule has 0 spiro atoms. The van der Waals surface area contributed by atoms with E-state index in [2.05, 4.69) is 4.72 Å². The summed E-state index contributed by atoms with van der Waals surface area (Å²) in [5, 5.41) is 0. The molecule has 0 aliphatic heterocycles. The Balaban J connectivity index is 3.67. The molecule has 0 fully saturated rings. The van der Waals surface area contributed by atoms with Crippen molar-refractivity contribution in [1.29, 1.82) is 0 Å². The Bertz CT molecular complexity index is 516. The Labute approximate surface area is 104 Å². The third-order valence-corrected chi connectivity index (χ3v) is 5.35. The normalized spacial score (nSPS) is 11.9. The fraction of sp³-hybridized carbons (Fsp3) is 0.538. The molecule has 0 aromatic heterocycles. The van der Waals surface area contributed by atoms with E-state index in [4.69, 9.17) is 0 Å². The lowest BCUT2D eigenvalue weighted by atomic mass is 9.95. The first-order chi connectivity index (χ1) is 7.74. The van der Waals surface area contributed by atoms with Crippen LogP contribution in [0.3, 0.4) is 0 Å². The van der Waals surface area contributed by atoms with E-state index in [-0.39, 0.29) is 0 Å². The minimum atomic E-state index is -3.38. The number of sulfonamides is 1. The highest BCUT2D eigenvalue weighted by molar-refractivity contribution is 7.89. The van der Waals surface area contributed by atoms with Crippen LogP contribution >= 0.6 is 0 Å². The van der Waals surface area contributed by atoms with E-state index >= 15 is 0 Å². The zero-order valence-electron chi connectivity index (χ0n) is 11.4. The first-order valence-electron chi connectivity index (χ1n) is 5.80. The Kier molecular flexibility index (Phi) is 3.99. The van der Waals surface area contributed by atoms with Gasteiger partial charge in [-0.05, 0) is 62.4 Å². The van der Waals surface area contributed by atoms with Crippen molar-refractivity contribution in [2.45, 2.75) is 46.4 Å². The van der Waals surface area contributed by atoms with Crippen LogP contribution in [0.4, 0.5) is 0 Å².